The Kier molecular flexibility index (Phi) is 4.31. The van der Waals surface area contributed by atoms with Crippen molar-refractivity contribution in [3.63, 3.8) is 0 Å². The predicted octanol–water partition coefficient (Wildman–Crippen LogP) is 2.53. The lowest BCUT2D eigenvalue weighted by molar-refractivity contribution is 0.321. The Labute approximate surface area is 108 Å². The van der Waals surface area contributed by atoms with Gasteiger partial charge in [-0.3, -0.25) is 0 Å². The van der Waals surface area contributed by atoms with Crippen molar-refractivity contribution >= 4 is 0 Å². The second-order valence-corrected chi connectivity index (χ2v) is 4.46. The Morgan fingerprint density at radius 1 is 1.00 bits per heavy atom. The van der Waals surface area contributed by atoms with E-state index in [1.54, 1.807) is 21.3 Å². The summed E-state index contributed by atoms with van der Waals surface area (Å²) in [5.74, 6) is 2.10. The predicted molar refractivity (Wildman–Crippen MR) is 70.7 cm³/mol. The zero-order valence-electron chi connectivity index (χ0n) is 11.3. The van der Waals surface area contributed by atoms with Crippen molar-refractivity contribution in [3.8, 4) is 17.2 Å². The highest BCUT2D eigenvalue weighted by Gasteiger charge is 2.20. The van der Waals surface area contributed by atoms with Gasteiger partial charge < -0.3 is 19.5 Å². The third kappa shape index (κ3) is 2.53. The number of ether oxygens (including phenoxy) is 3. The van der Waals surface area contributed by atoms with Gasteiger partial charge in [-0.05, 0) is 37.1 Å². The highest BCUT2D eigenvalue weighted by Crippen LogP contribution is 2.40. The normalized spacial score (nSPS) is 19.4. The van der Waals surface area contributed by atoms with Gasteiger partial charge in [-0.25, -0.2) is 0 Å². The second kappa shape index (κ2) is 5.96. The first-order chi connectivity index (χ1) is 8.80. The van der Waals surface area contributed by atoms with Gasteiger partial charge in [0.1, 0.15) is 0 Å². The topological polar surface area (TPSA) is 39.7 Å². The molecule has 0 spiro atoms. The number of piperidine rings is 1. The van der Waals surface area contributed by atoms with Gasteiger partial charge in [0.25, 0.3) is 0 Å². The lowest BCUT2D eigenvalue weighted by Gasteiger charge is -2.25. The van der Waals surface area contributed by atoms with E-state index in [9.17, 15) is 0 Å². The molecule has 1 N–H and O–H groups in total. The number of nitrogens with one attached hydrogen (secondary N) is 1. The van der Waals surface area contributed by atoms with Crippen LogP contribution < -0.4 is 19.5 Å². The van der Waals surface area contributed by atoms with E-state index < -0.39 is 0 Å². The van der Waals surface area contributed by atoms with Crippen molar-refractivity contribution in [3.05, 3.63) is 17.7 Å². The van der Waals surface area contributed by atoms with Crippen molar-refractivity contribution in [1.29, 1.82) is 0 Å². The minimum atomic E-state index is 0.382. The summed E-state index contributed by atoms with van der Waals surface area (Å²) in [5.41, 5.74) is 1.20. The fourth-order valence-corrected chi connectivity index (χ4v) is 2.44. The van der Waals surface area contributed by atoms with Crippen LogP contribution >= 0.6 is 0 Å². The van der Waals surface area contributed by atoms with Crippen molar-refractivity contribution in [2.75, 3.05) is 27.9 Å². The average Bonchev–Trinajstić information content (AvgIpc) is 2.46. The van der Waals surface area contributed by atoms with E-state index in [4.69, 9.17) is 14.2 Å². The van der Waals surface area contributed by atoms with Crippen LogP contribution in [0.3, 0.4) is 0 Å². The molecule has 4 heteroatoms. The standard InChI is InChI=1S/C14H21NO3/c1-16-12-8-10(11-6-4-5-7-15-11)9-13(17-2)14(12)18-3/h8-9,11,15H,4-7H2,1-3H3/t11-/m0/s1. The summed E-state index contributed by atoms with van der Waals surface area (Å²) in [7, 11) is 4.92. The van der Waals surface area contributed by atoms with E-state index in [1.807, 2.05) is 12.1 Å². The van der Waals surface area contributed by atoms with Crippen LogP contribution in [0.4, 0.5) is 0 Å². The van der Waals surface area contributed by atoms with Crippen LogP contribution in [0.5, 0.6) is 17.2 Å². The molecule has 0 aromatic heterocycles. The summed E-state index contributed by atoms with van der Waals surface area (Å²) in [5, 5.41) is 3.52. The smallest absolute Gasteiger partial charge is 0.203 e. The van der Waals surface area contributed by atoms with Gasteiger partial charge in [0.2, 0.25) is 5.75 Å². The zero-order valence-corrected chi connectivity index (χ0v) is 11.3. The van der Waals surface area contributed by atoms with E-state index in [2.05, 4.69) is 5.32 Å². The summed E-state index contributed by atoms with van der Waals surface area (Å²) < 4.78 is 16.1. The molecule has 1 saturated heterocycles. The minimum absolute atomic E-state index is 0.382. The van der Waals surface area contributed by atoms with Crippen molar-refractivity contribution in [2.24, 2.45) is 0 Å². The summed E-state index contributed by atoms with van der Waals surface area (Å²) in [4.78, 5) is 0. The number of benzene rings is 1. The molecule has 0 radical (unpaired) electrons. The average molecular weight is 251 g/mol. The van der Waals surface area contributed by atoms with Crippen molar-refractivity contribution < 1.29 is 14.2 Å². The molecular weight excluding hydrogens is 230 g/mol. The largest absolute Gasteiger partial charge is 0.493 e. The van der Waals surface area contributed by atoms with Crippen LogP contribution in [0.25, 0.3) is 0 Å². The Bertz CT molecular complexity index is 375. The third-order valence-corrected chi connectivity index (χ3v) is 3.40. The van der Waals surface area contributed by atoms with Gasteiger partial charge in [-0.15, -0.1) is 0 Å². The molecule has 1 fully saturated rings. The summed E-state index contributed by atoms with van der Waals surface area (Å²) >= 11 is 0. The fourth-order valence-electron chi connectivity index (χ4n) is 2.44. The molecule has 1 atom stereocenters. The van der Waals surface area contributed by atoms with Crippen molar-refractivity contribution in [2.45, 2.75) is 25.3 Å². The van der Waals surface area contributed by atoms with E-state index >= 15 is 0 Å². The Hall–Kier alpha value is -1.42. The first-order valence-corrected chi connectivity index (χ1v) is 6.33. The molecule has 0 aliphatic carbocycles. The molecule has 0 saturated carbocycles. The van der Waals surface area contributed by atoms with Crippen LogP contribution in [0.1, 0.15) is 30.9 Å². The molecule has 0 unspecified atom stereocenters. The number of hydrogen-bond acceptors (Lipinski definition) is 4. The first-order valence-electron chi connectivity index (χ1n) is 6.33. The molecule has 1 aromatic rings. The summed E-state index contributed by atoms with van der Waals surface area (Å²) in [6.07, 6.45) is 3.66. The molecule has 0 amide bonds. The highest BCUT2D eigenvalue weighted by atomic mass is 16.5. The van der Waals surface area contributed by atoms with Gasteiger partial charge in [-0.1, -0.05) is 6.42 Å². The van der Waals surface area contributed by atoms with Gasteiger partial charge in [-0.2, -0.15) is 0 Å². The van der Waals surface area contributed by atoms with Gasteiger partial charge >= 0.3 is 0 Å². The Morgan fingerprint density at radius 2 is 1.67 bits per heavy atom. The molecule has 1 aromatic carbocycles. The van der Waals surface area contributed by atoms with Crippen molar-refractivity contribution in [1.82, 2.24) is 5.32 Å². The Morgan fingerprint density at radius 3 is 2.11 bits per heavy atom. The number of methoxy groups -OCH3 is 3. The molecule has 100 valence electrons. The van der Waals surface area contributed by atoms with E-state index in [1.165, 1.54) is 18.4 Å². The maximum atomic E-state index is 5.38. The summed E-state index contributed by atoms with van der Waals surface area (Å²) in [6.45, 7) is 1.07. The first kappa shape index (κ1) is 13.0. The molecule has 0 bridgehead atoms. The van der Waals surface area contributed by atoms with Crippen LogP contribution in [0.15, 0.2) is 12.1 Å². The summed E-state index contributed by atoms with van der Waals surface area (Å²) in [6, 6.07) is 4.45. The van der Waals surface area contributed by atoms with E-state index in [0.29, 0.717) is 11.8 Å². The monoisotopic (exact) mass is 251 g/mol. The molecular formula is C14H21NO3. The van der Waals surface area contributed by atoms with Crippen LogP contribution in [-0.4, -0.2) is 27.9 Å². The lowest BCUT2D eigenvalue weighted by atomic mass is 9.97. The number of rotatable bonds is 4. The molecule has 1 aliphatic rings. The maximum Gasteiger partial charge on any atom is 0.203 e. The molecule has 18 heavy (non-hydrogen) atoms. The SMILES string of the molecule is COc1cc([C@@H]2CCCCN2)cc(OC)c1OC. The van der Waals surface area contributed by atoms with Gasteiger partial charge in [0.05, 0.1) is 21.3 Å². The minimum Gasteiger partial charge on any atom is -0.493 e. The lowest BCUT2D eigenvalue weighted by Crippen LogP contribution is -2.26. The highest BCUT2D eigenvalue weighted by molar-refractivity contribution is 5.54. The van der Waals surface area contributed by atoms with E-state index in [-0.39, 0.29) is 0 Å². The van der Waals surface area contributed by atoms with Crippen LogP contribution in [0, 0.1) is 0 Å². The zero-order chi connectivity index (χ0) is 13.0. The van der Waals surface area contributed by atoms with E-state index in [0.717, 1.165) is 24.5 Å². The van der Waals surface area contributed by atoms with Gasteiger partial charge in [0.15, 0.2) is 11.5 Å². The molecule has 1 aliphatic heterocycles. The van der Waals surface area contributed by atoms with Crippen LogP contribution in [-0.2, 0) is 0 Å². The second-order valence-electron chi connectivity index (χ2n) is 4.46. The third-order valence-electron chi connectivity index (χ3n) is 3.40. The Balaban J connectivity index is 2.35. The quantitative estimate of drug-likeness (QED) is 0.892. The fraction of sp³-hybridized carbons (Fsp3) is 0.571. The molecule has 2 rings (SSSR count). The molecule has 4 nitrogen and oxygen atoms in total. The molecule has 1 heterocycles. The van der Waals surface area contributed by atoms with Gasteiger partial charge in [0, 0.05) is 6.04 Å². The number of hydrogen-bond donors (Lipinski definition) is 1. The van der Waals surface area contributed by atoms with Crippen LogP contribution in [0.2, 0.25) is 0 Å². The maximum absolute atomic E-state index is 5.38.